The average molecular weight is 207 g/mol. The largest absolute Gasteiger partial charge is 0.334 e. The zero-order chi connectivity index (χ0) is 11.4. The quantitative estimate of drug-likeness (QED) is 0.660. The molecule has 0 fully saturated rings. The number of rotatable bonds is 1. The smallest absolute Gasteiger partial charge is 0.330 e. The van der Waals surface area contributed by atoms with Gasteiger partial charge in [-0.25, -0.2) is 4.79 Å². The van der Waals surface area contributed by atoms with Crippen LogP contribution in [0.2, 0.25) is 0 Å². The van der Waals surface area contributed by atoms with E-state index in [1.165, 1.54) is 13.8 Å². The predicted molar refractivity (Wildman–Crippen MR) is 56.1 cm³/mol. The number of hydrogen-bond donors (Lipinski definition) is 0. The van der Waals surface area contributed by atoms with Gasteiger partial charge >= 0.3 is 5.97 Å². The topological polar surface area (TPSA) is 46.6 Å². The molecule has 15 heavy (non-hydrogen) atoms. The molecule has 0 spiro atoms. The van der Waals surface area contributed by atoms with E-state index in [2.05, 4.69) is 0 Å². The first-order valence-corrected chi connectivity index (χ1v) is 4.56. The van der Waals surface area contributed by atoms with Crippen molar-refractivity contribution in [2.24, 2.45) is 0 Å². The second-order valence-corrected chi connectivity index (χ2v) is 3.24. The van der Waals surface area contributed by atoms with Gasteiger partial charge in [0, 0.05) is 13.8 Å². The molecule has 0 saturated carbocycles. The lowest BCUT2D eigenvalue weighted by molar-refractivity contribution is -0.147. The van der Waals surface area contributed by atoms with Crippen molar-refractivity contribution in [1.82, 2.24) is 0 Å². The number of carbonyl (C=O) groups is 2. The van der Waals surface area contributed by atoms with Crippen LogP contribution in [0.15, 0.2) is 24.3 Å². The minimum absolute atomic E-state index is 0.337. The standard InChI is InChI=1S/C11H13NO3/c1-8-5-4-6-11(7-8)12(9(2)13)15-10(3)14/h4-7H,1-3H3. The van der Waals surface area contributed by atoms with Crippen molar-refractivity contribution in [1.29, 1.82) is 0 Å². The van der Waals surface area contributed by atoms with Crippen LogP contribution >= 0.6 is 0 Å². The second-order valence-electron chi connectivity index (χ2n) is 3.24. The number of aryl methyl sites for hydroxylation is 1. The van der Waals surface area contributed by atoms with Crippen LogP contribution in [0.3, 0.4) is 0 Å². The molecule has 0 N–H and O–H groups in total. The molecule has 0 unspecified atom stereocenters. The van der Waals surface area contributed by atoms with Crippen molar-refractivity contribution in [3.8, 4) is 0 Å². The molecule has 0 aliphatic heterocycles. The number of hydroxylamine groups is 1. The van der Waals surface area contributed by atoms with Crippen LogP contribution in [0.25, 0.3) is 0 Å². The number of nitrogens with zero attached hydrogens (tertiary/aromatic N) is 1. The Morgan fingerprint density at radius 2 is 1.93 bits per heavy atom. The first-order valence-electron chi connectivity index (χ1n) is 4.56. The molecule has 0 aromatic heterocycles. The maximum atomic E-state index is 11.2. The van der Waals surface area contributed by atoms with Gasteiger partial charge in [0.05, 0.1) is 5.69 Å². The summed E-state index contributed by atoms with van der Waals surface area (Å²) in [6.45, 7) is 4.49. The first kappa shape index (κ1) is 11.2. The van der Waals surface area contributed by atoms with E-state index in [4.69, 9.17) is 4.84 Å². The predicted octanol–water partition coefficient (Wildman–Crippen LogP) is 1.83. The summed E-state index contributed by atoms with van der Waals surface area (Å²) in [5.74, 6) is -0.859. The van der Waals surface area contributed by atoms with E-state index in [0.29, 0.717) is 5.69 Å². The number of anilines is 1. The summed E-state index contributed by atoms with van der Waals surface area (Å²) in [6.07, 6.45) is 0. The SMILES string of the molecule is CC(=O)ON(C(C)=O)c1cccc(C)c1. The molecule has 0 radical (unpaired) electrons. The van der Waals surface area contributed by atoms with Crippen molar-refractivity contribution >= 4 is 17.6 Å². The molecule has 1 aromatic rings. The Kier molecular flexibility index (Phi) is 3.44. The molecule has 1 rings (SSSR count). The van der Waals surface area contributed by atoms with Gasteiger partial charge in [-0.2, -0.15) is 0 Å². The summed E-state index contributed by atoms with van der Waals surface area (Å²) < 4.78 is 0. The third kappa shape index (κ3) is 3.09. The maximum absolute atomic E-state index is 11.2. The molecule has 0 saturated heterocycles. The van der Waals surface area contributed by atoms with E-state index >= 15 is 0 Å². The molecular weight excluding hydrogens is 194 g/mol. The van der Waals surface area contributed by atoms with E-state index in [0.717, 1.165) is 10.6 Å². The van der Waals surface area contributed by atoms with Crippen molar-refractivity contribution < 1.29 is 14.4 Å². The van der Waals surface area contributed by atoms with Crippen molar-refractivity contribution in [3.63, 3.8) is 0 Å². The van der Waals surface area contributed by atoms with E-state index in [-0.39, 0.29) is 5.91 Å². The molecule has 4 heteroatoms. The Morgan fingerprint density at radius 3 is 2.40 bits per heavy atom. The molecule has 0 bridgehead atoms. The fourth-order valence-electron chi connectivity index (χ4n) is 1.18. The number of benzene rings is 1. The maximum Gasteiger partial charge on any atom is 0.330 e. The normalized spacial score (nSPS) is 9.53. The van der Waals surface area contributed by atoms with Gasteiger partial charge in [0.2, 0.25) is 0 Å². The van der Waals surface area contributed by atoms with Gasteiger partial charge in [0.15, 0.2) is 0 Å². The van der Waals surface area contributed by atoms with Crippen LogP contribution in [0.5, 0.6) is 0 Å². The average Bonchev–Trinajstić information content (AvgIpc) is 2.13. The third-order valence-corrected chi connectivity index (χ3v) is 1.74. The molecule has 1 aromatic carbocycles. The number of carbonyl (C=O) groups excluding carboxylic acids is 2. The van der Waals surface area contributed by atoms with Crippen LogP contribution < -0.4 is 5.06 Å². The zero-order valence-corrected chi connectivity index (χ0v) is 8.98. The fraction of sp³-hybridized carbons (Fsp3) is 0.273. The minimum atomic E-state index is -0.522. The molecule has 0 aliphatic carbocycles. The minimum Gasteiger partial charge on any atom is -0.334 e. The van der Waals surface area contributed by atoms with Crippen LogP contribution in [0.1, 0.15) is 19.4 Å². The first-order chi connectivity index (χ1) is 7.00. The van der Waals surface area contributed by atoms with Gasteiger partial charge in [-0.05, 0) is 24.6 Å². The van der Waals surface area contributed by atoms with Crippen LogP contribution in [0, 0.1) is 6.92 Å². The fourth-order valence-corrected chi connectivity index (χ4v) is 1.18. The third-order valence-electron chi connectivity index (χ3n) is 1.74. The van der Waals surface area contributed by atoms with Crippen molar-refractivity contribution in [3.05, 3.63) is 29.8 Å². The van der Waals surface area contributed by atoms with Crippen LogP contribution in [0.4, 0.5) is 5.69 Å². The highest BCUT2D eigenvalue weighted by molar-refractivity contribution is 5.91. The lowest BCUT2D eigenvalue weighted by Gasteiger charge is -2.18. The van der Waals surface area contributed by atoms with Gasteiger partial charge in [-0.3, -0.25) is 4.79 Å². The highest BCUT2D eigenvalue weighted by atomic mass is 16.7. The number of amides is 1. The molecule has 80 valence electrons. The van der Waals surface area contributed by atoms with E-state index in [1.54, 1.807) is 18.2 Å². The Hall–Kier alpha value is -1.84. The Balaban J connectivity index is 2.98. The lowest BCUT2D eigenvalue weighted by Crippen LogP contribution is -2.30. The summed E-state index contributed by atoms with van der Waals surface area (Å²) in [6, 6.07) is 7.17. The molecule has 0 atom stereocenters. The van der Waals surface area contributed by atoms with Gasteiger partial charge < -0.3 is 4.84 Å². The second kappa shape index (κ2) is 4.59. The van der Waals surface area contributed by atoms with Gasteiger partial charge in [0.1, 0.15) is 0 Å². The highest BCUT2D eigenvalue weighted by Gasteiger charge is 2.14. The van der Waals surface area contributed by atoms with Crippen molar-refractivity contribution in [2.45, 2.75) is 20.8 Å². The van der Waals surface area contributed by atoms with E-state index < -0.39 is 5.97 Å². The van der Waals surface area contributed by atoms with Crippen LogP contribution in [-0.4, -0.2) is 11.9 Å². The zero-order valence-electron chi connectivity index (χ0n) is 8.98. The monoisotopic (exact) mass is 207 g/mol. The summed E-state index contributed by atoms with van der Waals surface area (Å²) in [7, 11) is 0. The van der Waals surface area contributed by atoms with Gasteiger partial charge in [0.25, 0.3) is 5.91 Å². The molecule has 4 nitrogen and oxygen atoms in total. The van der Waals surface area contributed by atoms with E-state index in [9.17, 15) is 9.59 Å². The molecule has 0 aliphatic rings. The van der Waals surface area contributed by atoms with E-state index in [1.807, 2.05) is 13.0 Å². The number of hydrogen-bond acceptors (Lipinski definition) is 3. The summed E-state index contributed by atoms with van der Waals surface area (Å²) in [5, 5.41) is 0.981. The highest BCUT2D eigenvalue weighted by Crippen LogP contribution is 2.16. The molecule has 0 heterocycles. The Labute approximate surface area is 88.4 Å². The summed E-state index contributed by atoms with van der Waals surface area (Å²) >= 11 is 0. The van der Waals surface area contributed by atoms with Gasteiger partial charge in [-0.15, -0.1) is 5.06 Å². The van der Waals surface area contributed by atoms with Crippen molar-refractivity contribution in [2.75, 3.05) is 5.06 Å². The molecular formula is C11H13NO3. The lowest BCUT2D eigenvalue weighted by atomic mass is 10.2. The van der Waals surface area contributed by atoms with Gasteiger partial charge in [-0.1, -0.05) is 12.1 Å². The Morgan fingerprint density at radius 1 is 1.27 bits per heavy atom. The summed E-state index contributed by atoms with van der Waals surface area (Å²) in [4.78, 5) is 26.8. The summed E-state index contributed by atoms with van der Waals surface area (Å²) in [5.41, 5.74) is 1.55. The molecule has 1 amide bonds. The Bertz CT molecular complexity index is 387. The van der Waals surface area contributed by atoms with Crippen LogP contribution in [-0.2, 0) is 14.4 Å².